The summed E-state index contributed by atoms with van der Waals surface area (Å²) in [5, 5.41) is 9.16. The monoisotopic (exact) mass is 284 g/mol. The molecule has 1 unspecified atom stereocenters. The quantitative estimate of drug-likeness (QED) is 0.850. The van der Waals surface area contributed by atoms with Gasteiger partial charge in [0.2, 0.25) is 0 Å². The first-order valence-corrected chi connectivity index (χ1v) is 7.53. The van der Waals surface area contributed by atoms with Crippen LogP contribution in [-0.4, -0.2) is 65.3 Å². The lowest BCUT2D eigenvalue weighted by Crippen LogP contribution is -2.52. The van der Waals surface area contributed by atoms with Gasteiger partial charge in [0.1, 0.15) is 6.04 Å². The fourth-order valence-electron chi connectivity index (χ4n) is 2.97. The highest BCUT2D eigenvalue weighted by atomic mass is 16.5. The van der Waals surface area contributed by atoms with E-state index >= 15 is 0 Å². The van der Waals surface area contributed by atoms with Crippen LogP contribution in [0.15, 0.2) is 0 Å². The maximum Gasteiger partial charge on any atom is 0.326 e. The lowest BCUT2D eigenvalue weighted by molar-refractivity contribution is -0.141. The number of ether oxygens (including phenoxy) is 1. The molecule has 1 N–H and O–H groups in total. The Balaban J connectivity index is 1.92. The normalized spacial score (nSPS) is 26.9. The number of carboxylic acid groups (broad SMARTS) is 1. The van der Waals surface area contributed by atoms with Gasteiger partial charge in [0.25, 0.3) is 0 Å². The molecule has 0 saturated carbocycles. The van der Waals surface area contributed by atoms with Crippen LogP contribution in [0.4, 0.5) is 4.79 Å². The first-order chi connectivity index (χ1) is 9.63. The van der Waals surface area contributed by atoms with Gasteiger partial charge in [-0.25, -0.2) is 9.59 Å². The maximum atomic E-state index is 12.5. The van der Waals surface area contributed by atoms with Crippen molar-refractivity contribution in [1.82, 2.24) is 9.80 Å². The summed E-state index contributed by atoms with van der Waals surface area (Å²) in [6.45, 7) is 4.61. The van der Waals surface area contributed by atoms with Gasteiger partial charge in [-0.2, -0.15) is 0 Å². The Morgan fingerprint density at radius 2 is 2.00 bits per heavy atom. The summed E-state index contributed by atoms with van der Waals surface area (Å²) in [7, 11) is 0. The molecule has 2 saturated heterocycles. The van der Waals surface area contributed by atoms with Gasteiger partial charge >= 0.3 is 12.0 Å². The average Bonchev–Trinajstić information content (AvgIpc) is 2.94. The van der Waals surface area contributed by atoms with Crippen LogP contribution in [0.5, 0.6) is 0 Å². The lowest BCUT2D eigenvalue weighted by Gasteiger charge is -2.36. The van der Waals surface area contributed by atoms with Gasteiger partial charge in [0.05, 0.1) is 6.10 Å². The number of amides is 2. The fourth-order valence-corrected chi connectivity index (χ4v) is 2.97. The summed E-state index contributed by atoms with van der Waals surface area (Å²) in [6.07, 6.45) is 4.30. The Morgan fingerprint density at radius 3 is 2.70 bits per heavy atom. The second-order valence-electron chi connectivity index (χ2n) is 5.55. The van der Waals surface area contributed by atoms with E-state index in [4.69, 9.17) is 9.84 Å². The number of rotatable bonds is 4. The minimum Gasteiger partial charge on any atom is -0.480 e. The van der Waals surface area contributed by atoms with Gasteiger partial charge in [-0.15, -0.1) is 0 Å². The molecule has 0 aromatic carbocycles. The van der Waals surface area contributed by atoms with E-state index in [2.05, 4.69) is 6.92 Å². The molecule has 2 aliphatic rings. The van der Waals surface area contributed by atoms with Gasteiger partial charge in [0.15, 0.2) is 0 Å². The van der Waals surface area contributed by atoms with E-state index in [1.807, 2.05) is 0 Å². The highest BCUT2D eigenvalue weighted by Gasteiger charge is 2.37. The van der Waals surface area contributed by atoms with Crippen molar-refractivity contribution in [3.8, 4) is 0 Å². The highest BCUT2D eigenvalue weighted by Crippen LogP contribution is 2.22. The molecule has 2 heterocycles. The topological polar surface area (TPSA) is 70.1 Å². The summed E-state index contributed by atoms with van der Waals surface area (Å²) < 4.78 is 5.72. The van der Waals surface area contributed by atoms with E-state index < -0.39 is 12.0 Å². The third kappa shape index (κ3) is 3.42. The van der Waals surface area contributed by atoms with Crippen LogP contribution in [0.3, 0.4) is 0 Å². The van der Waals surface area contributed by atoms with Crippen LogP contribution in [0, 0.1) is 0 Å². The van der Waals surface area contributed by atoms with Crippen LogP contribution in [0.25, 0.3) is 0 Å². The van der Waals surface area contributed by atoms with Crippen molar-refractivity contribution in [2.75, 3.05) is 26.2 Å². The first-order valence-electron chi connectivity index (χ1n) is 7.53. The van der Waals surface area contributed by atoms with E-state index in [0.29, 0.717) is 32.7 Å². The average molecular weight is 284 g/mol. The molecule has 20 heavy (non-hydrogen) atoms. The van der Waals surface area contributed by atoms with Crippen molar-refractivity contribution >= 4 is 12.0 Å². The number of piperidine rings is 1. The SMILES string of the molecule is CCCOC1CCCN(C(=O)N2CCC[C@H]2C(=O)O)C1. The largest absolute Gasteiger partial charge is 0.480 e. The summed E-state index contributed by atoms with van der Waals surface area (Å²) >= 11 is 0. The molecule has 6 nitrogen and oxygen atoms in total. The number of hydrogen-bond acceptors (Lipinski definition) is 3. The summed E-state index contributed by atoms with van der Waals surface area (Å²) in [5.74, 6) is -0.897. The molecule has 2 fully saturated rings. The van der Waals surface area contributed by atoms with Crippen molar-refractivity contribution in [3.63, 3.8) is 0 Å². The van der Waals surface area contributed by atoms with Gasteiger partial charge in [-0.05, 0) is 32.1 Å². The number of carbonyl (C=O) groups excluding carboxylic acids is 1. The number of urea groups is 1. The van der Waals surface area contributed by atoms with E-state index in [1.54, 1.807) is 4.90 Å². The summed E-state index contributed by atoms with van der Waals surface area (Å²) in [5.41, 5.74) is 0. The van der Waals surface area contributed by atoms with Crippen LogP contribution in [0.2, 0.25) is 0 Å². The fraction of sp³-hybridized carbons (Fsp3) is 0.857. The molecule has 0 aromatic heterocycles. The van der Waals surface area contributed by atoms with Gasteiger partial charge < -0.3 is 19.6 Å². The molecule has 0 radical (unpaired) electrons. The second-order valence-corrected chi connectivity index (χ2v) is 5.55. The predicted octanol–water partition coefficient (Wildman–Crippen LogP) is 1.55. The van der Waals surface area contributed by atoms with Crippen LogP contribution in [0.1, 0.15) is 39.0 Å². The standard InChI is InChI=1S/C14H24N2O4/c1-2-9-20-11-5-3-7-15(10-11)14(19)16-8-4-6-12(16)13(17)18/h11-12H,2-10H2,1H3,(H,17,18)/t11?,12-/m0/s1. The molecule has 2 aliphatic heterocycles. The van der Waals surface area contributed by atoms with Crippen molar-refractivity contribution in [3.05, 3.63) is 0 Å². The molecule has 0 aliphatic carbocycles. The Morgan fingerprint density at radius 1 is 1.25 bits per heavy atom. The molecule has 2 amide bonds. The Hall–Kier alpha value is -1.30. The van der Waals surface area contributed by atoms with E-state index in [9.17, 15) is 9.59 Å². The minimum atomic E-state index is -0.897. The third-order valence-corrected chi connectivity index (χ3v) is 3.99. The van der Waals surface area contributed by atoms with Crippen LogP contribution >= 0.6 is 0 Å². The Bertz CT molecular complexity index is 361. The predicted molar refractivity (Wildman–Crippen MR) is 73.6 cm³/mol. The molecular formula is C14H24N2O4. The number of hydrogen-bond donors (Lipinski definition) is 1. The number of aliphatic carboxylic acids is 1. The minimum absolute atomic E-state index is 0.0959. The first kappa shape index (κ1) is 15.1. The van der Waals surface area contributed by atoms with Crippen LogP contribution in [-0.2, 0) is 9.53 Å². The molecule has 6 heteroatoms. The molecule has 2 atom stereocenters. The van der Waals surface area contributed by atoms with E-state index in [-0.39, 0.29) is 12.1 Å². The van der Waals surface area contributed by atoms with E-state index in [0.717, 1.165) is 25.7 Å². The van der Waals surface area contributed by atoms with Crippen molar-refractivity contribution in [2.45, 2.75) is 51.2 Å². The smallest absolute Gasteiger partial charge is 0.326 e. The number of carbonyl (C=O) groups is 2. The molecule has 0 bridgehead atoms. The zero-order valence-corrected chi connectivity index (χ0v) is 12.1. The maximum absolute atomic E-state index is 12.5. The van der Waals surface area contributed by atoms with Crippen molar-refractivity contribution < 1.29 is 19.4 Å². The van der Waals surface area contributed by atoms with E-state index in [1.165, 1.54) is 4.90 Å². The molecule has 0 aromatic rings. The summed E-state index contributed by atoms with van der Waals surface area (Å²) in [4.78, 5) is 26.9. The molecule has 0 spiro atoms. The molecular weight excluding hydrogens is 260 g/mol. The van der Waals surface area contributed by atoms with Crippen molar-refractivity contribution in [1.29, 1.82) is 0 Å². The number of nitrogens with zero attached hydrogens (tertiary/aromatic N) is 2. The van der Waals surface area contributed by atoms with Gasteiger partial charge in [-0.1, -0.05) is 6.92 Å². The van der Waals surface area contributed by atoms with Gasteiger partial charge in [-0.3, -0.25) is 0 Å². The molecule has 2 rings (SSSR count). The zero-order valence-electron chi connectivity index (χ0n) is 12.1. The lowest BCUT2D eigenvalue weighted by atomic mass is 10.1. The zero-order chi connectivity index (χ0) is 14.5. The number of carboxylic acids is 1. The Labute approximate surface area is 119 Å². The van der Waals surface area contributed by atoms with Crippen LogP contribution < -0.4 is 0 Å². The third-order valence-electron chi connectivity index (χ3n) is 3.99. The van der Waals surface area contributed by atoms with Gasteiger partial charge in [0, 0.05) is 26.2 Å². The van der Waals surface area contributed by atoms with Crippen molar-refractivity contribution in [2.24, 2.45) is 0 Å². The molecule has 114 valence electrons. The second kappa shape index (κ2) is 6.92. The Kier molecular flexibility index (Phi) is 5.23. The summed E-state index contributed by atoms with van der Waals surface area (Å²) in [6, 6.07) is -0.792. The highest BCUT2D eigenvalue weighted by molar-refractivity contribution is 5.83. The number of likely N-dealkylation sites (tertiary alicyclic amines) is 2.